The van der Waals surface area contributed by atoms with Crippen molar-refractivity contribution in [3.8, 4) is 11.5 Å². The van der Waals surface area contributed by atoms with Crippen molar-refractivity contribution in [3.63, 3.8) is 0 Å². The predicted octanol–water partition coefficient (Wildman–Crippen LogP) is 4.65. The zero-order valence-corrected chi connectivity index (χ0v) is 18.9. The number of Topliss-reactive ketones (excluding diaryl/α,β-unsaturated/α-hetero) is 1. The summed E-state index contributed by atoms with van der Waals surface area (Å²) in [7, 11) is 2.73. The van der Waals surface area contributed by atoms with Crippen LogP contribution in [0.3, 0.4) is 0 Å². The fourth-order valence-corrected chi connectivity index (χ4v) is 5.44. The molecule has 6 nitrogen and oxygen atoms in total. The molecule has 2 N–H and O–H groups in total. The molecule has 0 bridgehead atoms. The average Bonchev–Trinajstić information content (AvgIpc) is 3.29. The number of rotatable bonds is 4. The van der Waals surface area contributed by atoms with Crippen LogP contribution >= 0.6 is 22.9 Å². The number of ketones is 1. The van der Waals surface area contributed by atoms with Crippen LogP contribution in [0.2, 0.25) is 5.02 Å². The summed E-state index contributed by atoms with van der Waals surface area (Å²) in [6.45, 7) is 1.79. The minimum atomic E-state index is -0.674. The number of hydrogen-bond acceptors (Lipinski definition) is 7. The van der Waals surface area contributed by atoms with Gasteiger partial charge in [-0.15, -0.1) is 11.3 Å². The fourth-order valence-electron chi connectivity index (χ4n) is 4.39. The van der Waals surface area contributed by atoms with Gasteiger partial charge in [0.15, 0.2) is 17.3 Å². The van der Waals surface area contributed by atoms with E-state index >= 15 is 0 Å². The third-order valence-corrected chi connectivity index (χ3v) is 7.11. The lowest BCUT2D eigenvalue weighted by Crippen LogP contribution is -2.35. The van der Waals surface area contributed by atoms with Gasteiger partial charge in [0, 0.05) is 40.1 Å². The van der Waals surface area contributed by atoms with Gasteiger partial charge in [-0.25, -0.2) is 4.79 Å². The molecular formula is C23H22ClNO5S. The molecule has 1 aliphatic heterocycles. The second-order valence-electron chi connectivity index (χ2n) is 7.58. The summed E-state index contributed by atoms with van der Waals surface area (Å²) in [4.78, 5) is 27.3. The highest BCUT2D eigenvalue weighted by Gasteiger charge is 2.41. The Kier molecular flexibility index (Phi) is 5.81. The molecule has 2 aromatic rings. The molecule has 162 valence electrons. The van der Waals surface area contributed by atoms with E-state index in [1.165, 1.54) is 14.2 Å². The van der Waals surface area contributed by atoms with E-state index in [9.17, 15) is 14.7 Å². The third kappa shape index (κ3) is 3.72. The van der Waals surface area contributed by atoms with E-state index in [2.05, 4.69) is 5.32 Å². The molecule has 0 fully saturated rings. The summed E-state index contributed by atoms with van der Waals surface area (Å²) in [5.41, 5.74) is 2.87. The van der Waals surface area contributed by atoms with Gasteiger partial charge in [0.1, 0.15) is 0 Å². The molecule has 2 heterocycles. The van der Waals surface area contributed by atoms with E-state index in [-0.39, 0.29) is 28.2 Å². The minimum Gasteiger partial charge on any atom is -0.503 e. The Balaban J connectivity index is 1.88. The maximum absolute atomic E-state index is 13.4. The number of aromatic hydroxyl groups is 1. The van der Waals surface area contributed by atoms with Crippen LogP contribution in [0.4, 0.5) is 0 Å². The minimum absolute atomic E-state index is 0.0331. The molecule has 4 rings (SSSR count). The zero-order valence-electron chi connectivity index (χ0n) is 17.3. The monoisotopic (exact) mass is 459 g/mol. The topological polar surface area (TPSA) is 84.9 Å². The smallest absolute Gasteiger partial charge is 0.336 e. The Morgan fingerprint density at radius 1 is 1.29 bits per heavy atom. The number of nitrogens with one attached hydrogen (secondary N) is 1. The maximum atomic E-state index is 13.4. The van der Waals surface area contributed by atoms with E-state index in [1.807, 2.05) is 17.5 Å². The van der Waals surface area contributed by atoms with Crippen LogP contribution in [0.25, 0.3) is 0 Å². The van der Waals surface area contributed by atoms with Gasteiger partial charge in [-0.05, 0) is 42.5 Å². The number of methoxy groups -OCH3 is 2. The quantitative estimate of drug-likeness (QED) is 0.647. The van der Waals surface area contributed by atoms with Crippen LogP contribution in [-0.2, 0) is 14.3 Å². The van der Waals surface area contributed by atoms with Gasteiger partial charge in [0.2, 0.25) is 0 Å². The number of esters is 1. The van der Waals surface area contributed by atoms with Crippen LogP contribution < -0.4 is 10.1 Å². The Morgan fingerprint density at radius 3 is 2.71 bits per heavy atom. The maximum Gasteiger partial charge on any atom is 0.336 e. The van der Waals surface area contributed by atoms with Gasteiger partial charge in [0.05, 0.1) is 24.8 Å². The van der Waals surface area contributed by atoms with Gasteiger partial charge in [-0.2, -0.15) is 0 Å². The lowest BCUT2D eigenvalue weighted by Gasteiger charge is -2.36. The van der Waals surface area contributed by atoms with Crippen molar-refractivity contribution in [2.45, 2.75) is 31.6 Å². The molecule has 1 aromatic carbocycles. The summed E-state index contributed by atoms with van der Waals surface area (Å²) in [5.74, 6) is -1.17. The summed E-state index contributed by atoms with van der Waals surface area (Å²) in [6, 6.07) is 7.20. The van der Waals surface area contributed by atoms with E-state index in [0.29, 0.717) is 35.2 Å². The van der Waals surface area contributed by atoms with Crippen LogP contribution in [0.15, 0.2) is 52.2 Å². The van der Waals surface area contributed by atoms with Crippen molar-refractivity contribution in [2.24, 2.45) is 0 Å². The number of ether oxygens (including phenoxy) is 2. The lowest BCUT2D eigenvalue weighted by atomic mass is 9.72. The summed E-state index contributed by atoms with van der Waals surface area (Å²) in [6.07, 6.45) is 1.01. The van der Waals surface area contributed by atoms with Crippen LogP contribution in [0, 0.1) is 0 Å². The van der Waals surface area contributed by atoms with E-state index < -0.39 is 11.9 Å². The number of allylic oxidation sites excluding steroid dienone is 3. The van der Waals surface area contributed by atoms with Crippen LogP contribution in [0.1, 0.15) is 42.0 Å². The first-order valence-corrected chi connectivity index (χ1v) is 11.0. The van der Waals surface area contributed by atoms with Gasteiger partial charge in [0.25, 0.3) is 0 Å². The summed E-state index contributed by atoms with van der Waals surface area (Å²) < 4.78 is 10.3. The standard InChI is InChI=1S/C23H22ClNO5S/c1-11-19(23(28)30-3)20(13-7-14(24)22(27)17(10-13)29-2)21-15(25-11)8-12(9-16(21)26)18-5-4-6-31-18/h4-7,10,12,20,25,27H,8-9H2,1-3H3/t12-,20+/m1/s1. The first kappa shape index (κ1) is 21.5. The molecule has 1 aliphatic carbocycles. The van der Waals surface area contributed by atoms with Crippen LogP contribution in [-0.4, -0.2) is 31.1 Å². The number of phenols is 1. The van der Waals surface area contributed by atoms with Crippen molar-refractivity contribution in [3.05, 3.63) is 67.6 Å². The Bertz CT molecular complexity index is 1120. The van der Waals surface area contributed by atoms with Crippen molar-refractivity contribution in [1.29, 1.82) is 0 Å². The largest absolute Gasteiger partial charge is 0.503 e. The molecule has 0 radical (unpaired) electrons. The number of carbonyl (C=O) groups is 2. The summed E-state index contributed by atoms with van der Waals surface area (Å²) in [5, 5.41) is 15.5. The van der Waals surface area contributed by atoms with Gasteiger partial charge < -0.3 is 19.9 Å². The van der Waals surface area contributed by atoms with Crippen LogP contribution in [0.5, 0.6) is 11.5 Å². The highest BCUT2D eigenvalue weighted by Crippen LogP contribution is 2.48. The van der Waals surface area contributed by atoms with Gasteiger partial charge in [-0.3, -0.25) is 4.79 Å². The molecular weight excluding hydrogens is 438 g/mol. The normalized spacial score (nSPS) is 21.0. The first-order valence-electron chi connectivity index (χ1n) is 9.77. The lowest BCUT2D eigenvalue weighted by molar-refractivity contribution is -0.136. The molecule has 1 aromatic heterocycles. The molecule has 0 amide bonds. The second kappa shape index (κ2) is 8.40. The Morgan fingerprint density at radius 2 is 2.06 bits per heavy atom. The highest BCUT2D eigenvalue weighted by atomic mass is 35.5. The zero-order chi connectivity index (χ0) is 22.3. The van der Waals surface area contributed by atoms with Crippen molar-refractivity contribution < 1.29 is 24.2 Å². The Hall–Kier alpha value is -2.77. The molecule has 2 atom stereocenters. The first-order chi connectivity index (χ1) is 14.8. The molecule has 8 heteroatoms. The number of thiophene rings is 1. The molecule has 0 saturated carbocycles. The number of benzene rings is 1. The highest BCUT2D eigenvalue weighted by molar-refractivity contribution is 7.10. The molecule has 0 unspecified atom stereocenters. The number of carbonyl (C=O) groups excluding carboxylic acids is 2. The number of hydrogen-bond donors (Lipinski definition) is 2. The average molecular weight is 460 g/mol. The van der Waals surface area contributed by atoms with E-state index in [0.717, 1.165) is 10.6 Å². The van der Waals surface area contributed by atoms with E-state index in [4.69, 9.17) is 21.1 Å². The second-order valence-corrected chi connectivity index (χ2v) is 8.96. The molecule has 31 heavy (non-hydrogen) atoms. The van der Waals surface area contributed by atoms with Crippen molar-refractivity contribution >= 4 is 34.7 Å². The predicted molar refractivity (Wildman–Crippen MR) is 119 cm³/mol. The molecule has 0 saturated heterocycles. The third-order valence-electron chi connectivity index (χ3n) is 5.78. The number of phenolic OH excluding ortho intramolecular Hbond substituents is 1. The van der Waals surface area contributed by atoms with Crippen molar-refractivity contribution in [1.82, 2.24) is 5.32 Å². The van der Waals surface area contributed by atoms with Gasteiger partial charge in [-0.1, -0.05) is 17.7 Å². The Labute approximate surface area is 189 Å². The van der Waals surface area contributed by atoms with E-state index in [1.54, 1.807) is 30.4 Å². The number of dihydropyridines is 1. The summed E-state index contributed by atoms with van der Waals surface area (Å²) >= 11 is 7.88. The molecule has 0 spiro atoms. The fraction of sp³-hybridized carbons (Fsp3) is 0.304. The SMILES string of the molecule is COC(=O)C1=C(C)NC2=C(C(=O)C[C@H](c3cccs3)C2)[C@H]1c1cc(Cl)c(O)c(OC)c1. The van der Waals surface area contributed by atoms with Gasteiger partial charge >= 0.3 is 5.97 Å². The van der Waals surface area contributed by atoms with Crippen molar-refractivity contribution in [2.75, 3.05) is 14.2 Å². The number of halogens is 1. The molecule has 2 aliphatic rings.